The summed E-state index contributed by atoms with van der Waals surface area (Å²) in [4.78, 5) is 6.60. The summed E-state index contributed by atoms with van der Waals surface area (Å²) in [7, 11) is 3.98. The van der Waals surface area contributed by atoms with E-state index in [9.17, 15) is 0 Å². The van der Waals surface area contributed by atoms with Crippen LogP contribution in [0.2, 0.25) is 0 Å². The molecule has 1 aromatic heterocycles. The van der Waals surface area contributed by atoms with Crippen LogP contribution in [-0.2, 0) is 0 Å². The predicted octanol–water partition coefficient (Wildman–Crippen LogP) is 1.89. The van der Waals surface area contributed by atoms with E-state index in [1.165, 1.54) is 0 Å². The lowest BCUT2D eigenvalue weighted by atomic mass is 10.2. The molecule has 0 aromatic carbocycles. The zero-order valence-electron chi connectivity index (χ0n) is 12.7. The Hall–Kier alpha value is -1.49. The third-order valence-electron chi connectivity index (χ3n) is 2.59. The summed E-state index contributed by atoms with van der Waals surface area (Å²) < 4.78 is 5.77. The van der Waals surface area contributed by atoms with Gasteiger partial charge in [-0.2, -0.15) is 4.98 Å². The zero-order valence-corrected chi connectivity index (χ0v) is 12.7. The number of rotatable bonds is 6. The molecule has 0 amide bonds. The molecule has 0 spiro atoms. The normalized spacial score (nSPS) is 11.4. The molecule has 1 aromatic rings. The van der Waals surface area contributed by atoms with Gasteiger partial charge in [0.15, 0.2) is 0 Å². The fourth-order valence-corrected chi connectivity index (χ4v) is 1.63. The molecule has 0 aliphatic heterocycles. The van der Waals surface area contributed by atoms with Gasteiger partial charge in [0, 0.05) is 13.6 Å². The molecule has 108 valence electrons. The van der Waals surface area contributed by atoms with Gasteiger partial charge < -0.3 is 20.7 Å². The van der Waals surface area contributed by atoms with Crippen LogP contribution in [0, 0.1) is 0 Å². The van der Waals surface area contributed by atoms with Gasteiger partial charge in [-0.15, -0.1) is 0 Å². The lowest BCUT2D eigenvalue weighted by Gasteiger charge is -2.24. The third-order valence-corrected chi connectivity index (χ3v) is 2.59. The predicted molar refractivity (Wildman–Crippen MR) is 80.8 cm³/mol. The van der Waals surface area contributed by atoms with Gasteiger partial charge >= 0.3 is 0 Å². The van der Waals surface area contributed by atoms with E-state index in [2.05, 4.69) is 15.2 Å². The maximum atomic E-state index is 5.90. The molecular formula is C14H26N4O. The fraction of sp³-hybridized carbons (Fsp3) is 0.643. The minimum absolute atomic E-state index is 0.301. The van der Waals surface area contributed by atoms with E-state index in [1.54, 1.807) is 0 Å². The van der Waals surface area contributed by atoms with Crippen molar-refractivity contribution in [1.82, 2.24) is 10.3 Å². The summed E-state index contributed by atoms with van der Waals surface area (Å²) in [6.45, 7) is 7.88. The van der Waals surface area contributed by atoms with Crippen LogP contribution in [0.15, 0.2) is 12.1 Å². The number of hydrogen-bond donors (Lipinski definition) is 2. The average molecular weight is 266 g/mol. The molecule has 0 saturated carbocycles. The Labute approximate surface area is 116 Å². The topological polar surface area (TPSA) is 63.4 Å². The molecule has 1 rings (SSSR count). The molecule has 3 N–H and O–H groups in total. The van der Waals surface area contributed by atoms with Crippen molar-refractivity contribution in [3.05, 3.63) is 12.1 Å². The molecule has 0 unspecified atom stereocenters. The summed E-state index contributed by atoms with van der Waals surface area (Å²) in [5.41, 5.74) is 6.17. The maximum absolute atomic E-state index is 5.90. The Morgan fingerprint density at radius 3 is 2.63 bits per heavy atom. The monoisotopic (exact) mass is 266 g/mol. The first kappa shape index (κ1) is 15.6. The zero-order chi connectivity index (χ0) is 14.5. The molecule has 0 atom stereocenters. The van der Waals surface area contributed by atoms with Crippen molar-refractivity contribution in [2.24, 2.45) is 0 Å². The Kier molecular flexibility index (Phi) is 5.42. The lowest BCUT2D eigenvalue weighted by Crippen LogP contribution is -2.26. The van der Waals surface area contributed by atoms with Crippen LogP contribution in [0.4, 0.5) is 11.5 Å². The molecule has 0 bridgehead atoms. The molecule has 5 nitrogen and oxygen atoms in total. The van der Waals surface area contributed by atoms with Crippen LogP contribution in [0.1, 0.15) is 27.2 Å². The summed E-state index contributed by atoms with van der Waals surface area (Å²) in [5.74, 6) is 1.38. The Balaban J connectivity index is 2.77. The lowest BCUT2D eigenvalue weighted by molar-refractivity contribution is 0.125. The van der Waals surface area contributed by atoms with Gasteiger partial charge in [-0.1, -0.05) is 0 Å². The van der Waals surface area contributed by atoms with Crippen molar-refractivity contribution in [1.29, 1.82) is 0 Å². The van der Waals surface area contributed by atoms with Crippen LogP contribution in [0.3, 0.4) is 0 Å². The fourth-order valence-electron chi connectivity index (χ4n) is 1.63. The Morgan fingerprint density at radius 2 is 2.05 bits per heavy atom. The summed E-state index contributed by atoms with van der Waals surface area (Å²) in [6, 6.07) is 3.77. The molecule has 19 heavy (non-hydrogen) atoms. The Morgan fingerprint density at radius 1 is 1.37 bits per heavy atom. The van der Waals surface area contributed by atoms with E-state index in [0.717, 1.165) is 25.3 Å². The highest BCUT2D eigenvalue weighted by atomic mass is 16.5. The van der Waals surface area contributed by atoms with Gasteiger partial charge in [0.25, 0.3) is 0 Å². The number of nitrogens with one attached hydrogen (secondary N) is 1. The van der Waals surface area contributed by atoms with Crippen LogP contribution in [0.5, 0.6) is 5.88 Å². The highest BCUT2D eigenvalue weighted by Gasteiger charge is 2.16. The Bertz CT molecular complexity index is 401. The summed E-state index contributed by atoms with van der Waals surface area (Å²) in [5, 5.41) is 3.13. The molecule has 0 aliphatic carbocycles. The highest BCUT2D eigenvalue weighted by molar-refractivity contribution is 5.54. The number of pyridine rings is 1. The van der Waals surface area contributed by atoms with Crippen molar-refractivity contribution in [3.63, 3.8) is 0 Å². The molecule has 0 saturated heterocycles. The first-order chi connectivity index (χ1) is 8.83. The highest BCUT2D eigenvalue weighted by Crippen LogP contribution is 2.26. The van der Waals surface area contributed by atoms with E-state index >= 15 is 0 Å². The second-order valence-corrected chi connectivity index (χ2v) is 5.66. The van der Waals surface area contributed by atoms with Gasteiger partial charge in [-0.05, 0) is 52.9 Å². The van der Waals surface area contributed by atoms with Gasteiger partial charge in [-0.25, -0.2) is 0 Å². The van der Waals surface area contributed by atoms with E-state index in [-0.39, 0.29) is 5.60 Å². The number of ether oxygens (including phenoxy) is 1. The van der Waals surface area contributed by atoms with Crippen LogP contribution >= 0.6 is 0 Å². The van der Waals surface area contributed by atoms with Gasteiger partial charge in [0.1, 0.15) is 11.4 Å². The number of nitrogen functional groups attached to an aromatic ring is 1. The standard InChI is InChI=1S/C14H26N4O/c1-14(2,3)19-13-11(15)7-8-12(17-13)18(5)10-6-9-16-4/h7-8,16H,6,9-10,15H2,1-5H3. The molecule has 1 heterocycles. The van der Waals surface area contributed by atoms with Crippen LogP contribution in [0.25, 0.3) is 0 Å². The number of anilines is 2. The second-order valence-electron chi connectivity index (χ2n) is 5.66. The van der Waals surface area contributed by atoms with Crippen molar-refractivity contribution < 1.29 is 4.74 Å². The van der Waals surface area contributed by atoms with E-state index < -0.39 is 0 Å². The van der Waals surface area contributed by atoms with Gasteiger partial charge in [0.2, 0.25) is 5.88 Å². The maximum Gasteiger partial charge on any atom is 0.239 e. The SMILES string of the molecule is CNCCCN(C)c1ccc(N)c(OC(C)(C)C)n1. The van der Waals surface area contributed by atoms with E-state index in [4.69, 9.17) is 10.5 Å². The van der Waals surface area contributed by atoms with Crippen LogP contribution < -0.4 is 20.7 Å². The molecule has 0 aliphatic rings. The number of nitrogens with two attached hydrogens (primary N) is 1. The number of hydrogen-bond acceptors (Lipinski definition) is 5. The third kappa shape index (κ3) is 5.34. The van der Waals surface area contributed by atoms with E-state index in [0.29, 0.717) is 11.6 Å². The van der Waals surface area contributed by atoms with Crippen molar-refractivity contribution in [2.75, 3.05) is 37.8 Å². The second kappa shape index (κ2) is 6.61. The quantitative estimate of drug-likeness (QED) is 0.770. The number of aromatic nitrogens is 1. The van der Waals surface area contributed by atoms with Gasteiger partial charge in [-0.3, -0.25) is 0 Å². The first-order valence-electron chi connectivity index (χ1n) is 6.65. The summed E-state index contributed by atoms with van der Waals surface area (Å²) in [6.07, 6.45) is 1.06. The molecular weight excluding hydrogens is 240 g/mol. The smallest absolute Gasteiger partial charge is 0.239 e. The summed E-state index contributed by atoms with van der Waals surface area (Å²) >= 11 is 0. The number of nitrogens with zero attached hydrogens (tertiary/aromatic N) is 2. The largest absolute Gasteiger partial charge is 0.470 e. The van der Waals surface area contributed by atoms with Crippen molar-refractivity contribution in [3.8, 4) is 5.88 Å². The minimum Gasteiger partial charge on any atom is -0.470 e. The minimum atomic E-state index is -0.301. The molecule has 0 radical (unpaired) electrons. The van der Waals surface area contributed by atoms with Crippen LogP contribution in [-0.4, -0.2) is 37.8 Å². The molecule has 5 heteroatoms. The first-order valence-corrected chi connectivity index (χ1v) is 6.65. The van der Waals surface area contributed by atoms with Gasteiger partial charge in [0.05, 0.1) is 5.69 Å². The molecule has 0 fully saturated rings. The van der Waals surface area contributed by atoms with E-state index in [1.807, 2.05) is 47.0 Å². The van der Waals surface area contributed by atoms with Crippen molar-refractivity contribution in [2.45, 2.75) is 32.8 Å². The van der Waals surface area contributed by atoms with Crippen molar-refractivity contribution >= 4 is 11.5 Å². The average Bonchev–Trinajstić information content (AvgIpc) is 2.30.